The lowest BCUT2D eigenvalue weighted by Crippen LogP contribution is -2.03. The summed E-state index contributed by atoms with van der Waals surface area (Å²) in [5.74, 6) is 0.655. The normalized spacial score (nSPS) is 11.8. The van der Waals surface area contributed by atoms with E-state index in [1.54, 1.807) is 0 Å². The van der Waals surface area contributed by atoms with Gasteiger partial charge in [-0.2, -0.15) is 0 Å². The van der Waals surface area contributed by atoms with E-state index < -0.39 is 0 Å². The van der Waals surface area contributed by atoms with Gasteiger partial charge in [0.25, 0.3) is 0 Å². The van der Waals surface area contributed by atoms with Gasteiger partial charge in [0.2, 0.25) is 0 Å². The summed E-state index contributed by atoms with van der Waals surface area (Å²) >= 11 is 0. The quantitative estimate of drug-likeness (QED) is 0.160. The number of rotatable bonds is 7. The monoisotopic (exact) mass is 880 g/mol. The number of nitrogens with zero attached hydrogens (tertiary/aromatic N) is 4. The molecule has 0 aliphatic rings. The molecular formula is C64H40N4O. The molecular weight excluding hydrogens is 841 g/mol. The zero-order valence-electron chi connectivity index (χ0n) is 37.3. The van der Waals surface area contributed by atoms with Gasteiger partial charge in [0.15, 0.2) is 5.82 Å². The van der Waals surface area contributed by atoms with Crippen molar-refractivity contribution in [2.24, 2.45) is 0 Å². The maximum atomic E-state index is 7.18. The van der Waals surface area contributed by atoms with Gasteiger partial charge in [0.05, 0.1) is 44.5 Å². The fourth-order valence-electron chi connectivity index (χ4n) is 10.6. The fraction of sp³-hybridized carbons (Fsp3) is 0. The molecule has 0 aliphatic heterocycles. The largest absolute Gasteiger partial charge is 0.455 e. The van der Waals surface area contributed by atoms with Crippen molar-refractivity contribution in [2.45, 2.75) is 0 Å². The molecule has 0 N–H and O–H groups in total. The third-order valence-electron chi connectivity index (χ3n) is 13.7. The maximum absolute atomic E-state index is 7.18. The highest BCUT2D eigenvalue weighted by atomic mass is 16.3. The van der Waals surface area contributed by atoms with Crippen LogP contribution < -0.4 is 0 Å². The fourth-order valence-corrected chi connectivity index (χ4v) is 10.6. The molecule has 5 heteroatoms. The summed E-state index contributed by atoms with van der Waals surface area (Å²) in [5.41, 5.74) is 17.4. The molecule has 0 atom stereocenters. The molecule has 0 amide bonds. The molecule has 0 fully saturated rings. The molecule has 10 aromatic carbocycles. The van der Waals surface area contributed by atoms with Crippen LogP contribution >= 0.6 is 0 Å². The lowest BCUT2D eigenvalue weighted by molar-refractivity contribution is 0.673. The lowest BCUT2D eigenvalue weighted by Gasteiger charge is -2.21. The van der Waals surface area contributed by atoms with Crippen LogP contribution in [0.5, 0.6) is 0 Å². The lowest BCUT2D eigenvalue weighted by atomic mass is 9.92. The van der Waals surface area contributed by atoms with Gasteiger partial charge in [-0.05, 0) is 71.8 Å². The van der Waals surface area contributed by atoms with Crippen molar-refractivity contribution in [3.05, 3.63) is 243 Å². The van der Waals surface area contributed by atoms with E-state index in [9.17, 15) is 0 Å². The van der Waals surface area contributed by atoms with Gasteiger partial charge in [-0.25, -0.2) is 9.97 Å². The van der Waals surface area contributed by atoms with Gasteiger partial charge in [0.1, 0.15) is 11.2 Å². The van der Waals surface area contributed by atoms with Crippen LogP contribution in [0.3, 0.4) is 0 Å². The van der Waals surface area contributed by atoms with Crippen molar-refractivity contribution in [1.29, 1.82) is 0 Å². The average molecular weight is 881 g/mol. The standard InChI is InChI=1S/C64H40N4O/c1-6-20-41(21-7-1)50-36-45(64-65-54(43-24-10-3-11-25-43)39-55(66-64)44-26-12-4-13-27-44)37-51(42-22-8-2-9-23-42)62(50)68-57-33-19-17-31-49(57)61-58(68)35-34-48-53-38-52-47-30-16-18-32-56(47)67(46-28-14-5-15-29-46)59(52)40-60(53)69-63(48)61/h1-40H. The molecule has 69 heavy (non-hydrogen) atoms. The summed E-state index contributed by atoms with van der Waals surface area (Å²) in [5, 5.41) is 6.79. The Morgan fingerprint density at radius 1 is 0.319 bits per heavy atom. The van der Waals surface area contributed by atoms with Gasteiger partial charge in [-0.3, -0.25) is 0 Å². The van der Waals surface area contributed by atoms with Crippen molar-refractivity contribution in [2.75, 3.05) is 0 Å². The maximum Gasteiger partial charge on any atom is 0.160 e. The highest BCUT2D eigenvalue weighted by Crippen LogP contribution is 2.47. The molecule has 0 saturated carbocycles. The van der Waals surface area contributed by atoms with Crippen LogP contribution in [0.15, 0.2) is 247 Å². The van der Waals surface area contributed by atoms with Crippen LogP contribution in [-0.4, -0.2) is 19.1 Å². The van der Waals surface area contributed by atoms with E-state index in [0.717, 1.165) is 111 Å². The topological polar surface area (TPSA) is 48.8 Å². The second-order valence-electron chi connectivity index (χ2n) is 17.7. The van der Waals surface area contributed by atoms with Crippen molar-refractivity contribution < 1.29 is 4.42 Å². The number of hydrogen-bond donors (Lipinski definition) is 0. The third-order valence-corrected chi connectivity index (χ3v) is 13.7. The first-order valence-corrected chi connectivity index (χ1v) is 23.4. The molecule has 4 aromatic heterocycles. The minimum atomic E-state index is 0.655. The molecule has 0 unspecified atom stereocenters. The zero-order valence-corrected chi connectivity index (χ0v) is 37.3. The van der Waals surface area contributed by atoms with Crippen molar-refractivity contribution in [3.63, 3.8) is 0 Å². The number of hydrogen-bond acceptors (Lipinski definition) is 3. The van der Waals surface area contributed by atoms with Crippen LogP contribution in [0.2, 0.25) is 0 Å². The summed E-state index contributed by atoms with van der Waals surface area (Å²) in [6, 6.07) is 86.0. The summed E-state index contributed by atoms with van der Waals surface area (Å²) in [6.45, 7) is 0. The SMILES string of the molecule is c1ccc(-c2cc(-c3ccccc3)nc(-c3cc(-c4ccccc4)c(-n4c5ccccc5c5c6oc7cc8c(cc7c6ccc54)c4ccccc4n8-c4ccccc4)c(-c4ccccc4)c3)n2)cc1. The third kappa shape index (κ3) is 6.25. The molecule has 0 radical (unpaired) electrons. The Hall–Kier alpha value is -9.32. The first-order chi connectivity index (χ1) is 34.2. The van der Waals surface area contributed by atoms with Gasteiger partial charge in [0, 0.05) is 66.5 Å². The number of furan rings is 1. The number of para-hydroxylation sites is 3. The van der Waals surface area contributed by atoms with Gasteiger partial charge >= 0.3 is 0 Å². The minimum Gasteiger partial charge on any atom is -0.455 e. The number of fused-ring (bicyclic) bond motifs is 10. The van der Waals surface area contributed by atoms with Gasteiger partial charge in [-0.15, -0.1) is 0 Å². The second kappa shape index (κ2) is 15.7. The van der Waals surface area contributed by atoms with Crippen molar-refractivity contribution in [3.8, 4) is 67.5 Å². The Balaban J connectivity index is 1.06. The Bertz CT molecular complexity index is 4150. The minimum absolute atomic E-state index is 0.655. The molecule has 322 valence electrons. The summed E-state index contributed by atoms with van der Waals surface area (Å²) in [6.07, 6.45) is 0. The predicted molar refractivity (Wildman–Crippen MR) is 285 cm³/mol. The molecule has 0 bridgehead atoms. The van der Waals surface area contributed by atoms with E-state index in [-0.39, 0.29) is 0 Å². The Morgan fingerprint density at radius 2 is 0.826 bits per heavy atom. The van der Waals surface area contributed by atoms with E-state index >= 15 is 0 Å². The summed E-state index contributed by atoms with van der Waals surface area (Å²) < 4.78 is 12.0. The Morgan fingerprint density at radius 3 is 1.42 bits per heavy atom. The molecule has 5 nitrogen and oxygen atoms in total. The summed E-state index contributed by atoms with van der Waals surface area (Å²) in [4.78, 5) is 10.7. The smallest absolute Gasteiger partial charge is 0.160 e. The van der Waals surface area contributed by atoms with Crippen LogP contribution in [0, 0.1) is 0 Å². The molecule has 14 rings (SSSR count). The zero-order chi connectivity index (χ0) is 45.4. The highest BCUT2D eigenvalue weighted by Gasteiger charge is 2.25. The van der Waals surface area contributed by atoms with Crippen LogP contribution in [0.1, 0.15) is 0 Å². The van der Waals surface area contributed by atoms with E-state index in [4.69, 9.17) is 14.4 Å². The predicted octanol–water partition coefficient (Wildman–Crippen LogP) is 16.9. The van der Waals surface area contributed by atoms with Crippen LogP contribution in [0.25, 0.3) is 133 Å². The van der Waals surface area contributed by atoms with E-state index in [2.05, 4.69) is 240 Å². The van der Waals surface area contributed by atoms with Gasteiger partial charge in [-0.1, -0.05) is 176 Å². The Kier molecular flexibility index (Phi) is 8.83. The van der Waals surface area contributed by atoms with Crippen molar-refractivity contribution in [1.82, 2.24) is 19.1 Å². The number of benzene rings is 10. The highest BCUT2D eigenvalue weighted by molar-refractivity contribution is 6.26. The van der Waals surface area contributed by atoms with E-state index in [1.807, 2.05) is 12.1 Å². The van der Waals surface area contributed by atoms with Crippen LogP contribution in [-0.2, 0) is 0 Å². The first-order valence-electron chi connectivity index (χ1n) is 23.4. The average Bonchev–Trinajstić information content (AvgIpc) is 4.08. The molecule has 14 aromatic rings. The molecule has 4 heterocycles. The van der Waals surface area contributed by atoms with E-state index in [1.165, 1.54) is 16.3 Å². The second-order valence-corrected chi connectivity index (χ2v) is 17.7. The van der Waals surface area contributed by atoms with Crippen LogP contribution in [0.4, 0.5) is 0 Å². The van der Waals surface area contributed by atoms with E-state index in [0.29, 0.717) is 5.82 Å². The first kappa shape index (κ1) is 38.9. The molecule has 0 aliphatic carbocycles. The number of aromatic nitrogens is 4. The van der Waals surface area contributed by atoms with Crippen molar-refractivity contribution >= 4 is 65.6 Å². The summed E-state index contributed by atoms with van der Waals surface area (Å²) in [7, 11) is 0. The molecule has 0 saturated heterocycles. The van der Waals surface area contributed by atoms with Gasteiger partial charge < -0.3 is 13.6 Å². The molecule has 0 spiro atoms. The Labute approximate surface area is 397 Å².